The van der Waals surface area contributed by atoms with Gasteiger partial charge in [0, 0.05) is 0 Å². The molecule has 6 heteroatoms. The molecule has 4 fully saturated rings. The lowest BCUT2D eigenvalue weighted by Gasteiger charge is -2.57. The Morgan fingerprint density at radius 1 is 1.12 bits per heavy atom. The molecule has 1 aromatic rings. The molecule has 0 bridgehead atoms. The van der Waals surface area contributed by atoms with Gasteiger partial charge < -0.3 is 10.2 Å². The van der Waals surface area contributed by atoms with Gasteiger partial charge in [-0.3, -0.25) is 0 Å². The number of aromatic nitrogens is 4. The van der Waals surface area contributed by atoms with Crippen molar-refractivity contribution in [1.29, 1.82) is 0 Å². The Balaban J connectivity index is 1.31. The molecular formula is C26H44N4O2. The van der Waals surface area contributed by atoms with Crippen LogP contribution in [-0.2, 0) is 6.54 Å². The summed E-state index contributed by atoms with van der Waals surface area (Å²) in [5, 5.41) is 35.0. The van der Waals surface area contributed by atoms with Crippen molar-refractivity contribution in [3.8, 4) is 0 Å². The standard InChI is InChI=1S/C26H44N4O2/c1-5-10-26(32)12-9-19-18(14-26)6-7-21-20(19)8-11-25(4)22(21)13-23(31)24(25)16(2)15-30-28-17(3)27-29-30/h16,18-24,31-32H,5-15H2,1-4H3/t16-,18-,19+,20-,21-,22+,23+,24+,25+,26-/m1/s1. The van der Waals surface area contributed by atoms with E-state index < -0.39 is 5.60 Å². The Bertz CT molecular complexity index is 814. The average Bonchev–Trinajstić information content (AvgIpc) is 3.26. The Kier molecular flexibility index (Phi) is 5.93. The first-order chi connectivity index (χ1) is 15.2. The van der Waals surface area contributed by atoms with Gasteiger partial charge in [0.15, 0.2) is 5.82 Å². The van der Waals surface area contributed by atoms with Crippen molar-refractivity contribution in [1.82, 2.24) is 20.2 Å². The van der Waals surface area contributed by atoms with Gasteiger partial charge in [-0.05, 0) is 117 Å². The molecule has 32 heavy (non-hydrogen) atoms. The Morgan fingerprint density at radius 2 is 1.91 bits per heavy atom. The number of hydrogen-bond donors (Lipinski definition) is 2. The predicted octanol–water partition coefficient (Wildman–Crippen LogP) is 4.39. The highest BCUT2D eigenvalue weighted by Crippen LogP contribution is 2.65. The van der Waals surface area contributed by atoms with Crippen molar-refractivity contribution in [2.45, 2.75) is 110 Å². The van der Waals surface area contributed by atoms with Crippen LogP contribution in [0.2, 0.25) is 0 Å². The number of nitrogens with zero attached hydrogens (tertiary/aromatic N) is 4. The predicted molar refractivity (Wildman–Crippen MR) is 124 cm³/mol. The van der Waals surface area contributed by atoms with Gasteiger partial charge >= 0.3 is 0 Å². The lowest BCUT2D eigenvalue weighted by molar-refractivity contribution is -0.111. The first-order valence-corrected chi connectivity index (χ1v) is 13.4. The van der Waals surface area contributed by atoms with Crippen LogP contribution in [0.4, 0.5) is 0 Å². The highest BCUT2D eigenvalue weighted by Gasteiger charge is 2.61. The third-order valence-corrected chi connectivity index (χ3v) is 10.5. The van der Waals surface area contributed by atoms with Crippen LogP contribution in [0.1, 0.15) is 90.8 Å². The highest BCUT2D eigenvalue weighted by atomic mass is 16.3. The zero-order valence-electron chi connectivity index (χ0n) is 20.6. The van der Waals surface area contributed by atoms with E-state index in [0.29, 0.717) is 29.5 Å². The fourth-order valence-electron chi connectivity index (χ4n) is 9.51. The topological polar surface area (TPSA) is 84.1 Å². The Hall–Kier alpha value is -1.01. The second-order valence-corrected chi connectivity index (χ2v) is 12.4. The summed E-state index contributed by atoms with van der Waals surface area (Å²) in [7, 11) is 0. The zero-order chi connectivity index (χ0) is 22.7. The first-order valence-electron chi connectivity index (χ1n) is 13.4. The van der Waals surface area contributed by atoms with Crippen LogP contribution in [-0.4, -0.2) is 42.1 Å². The third-order valence-electron chi connectivity index (χ3n) is 10.5. The second kappa shape index (κ2) is 8.33. The van der Waals surface area contributed by atoms with E-state index in [1.165, 1.54) is 32.1 Å². The number of tetrazole rings is 1. The summed E-state index contributed by atoms with van der Waals surface area (Å²) in [4.78, 5) is 1.72. The van der Waals surface area contributed by atoms with Gasteiger partial charge in [0.1, 0.15) is 0 Å². The minimum Gasteiger partial charge on any atom is -0.393 e. The molecule has 4 aliphatic carbocycles. The summed E-state index contributed by atoms with van der Waals surface area (Å²) in [6, 6.07) is 0. The van der Waals surface area contributed by atoms with E-state index >= 15 is 0 Å². The van der Waals surface area contributed by atoms with Crippen LogP contribution >= 0.6 is 0 Å². The summed E-state index contributed by atoms with van der Waals surface area (Å²) in [5.41, 5.74) is -0.191. The summed E-state index contributed by atoms with van der Waals surface area (Å²) in [6.45, 7) is 9.57. The largest absolute Gasteiger partial charge is 0.393 e. The summed E-state index contributed by atoms with van der Waals surface area (Å²) < 4.78 is 0. The maximum atomic E-state index is 11.3. The van der Waals surface area contributed by atoms with Crippen LogP contribution < -0.4 is 0 Å². The Labute approximate surface area is 193 Å². The van der Waals surface area contributed by atoms with E-state index in [0.717, 1.165) is 56.4 Å². The van der Waals surface area contributed by atoms with Crippen LogP contribution in [0.5, 0.6) is 0 Å². The number of fused-ring (bicyclic) bond motifs is 5. The molecule has 0 spiro atoms. The van der Waals surface area contributed by atoms with Crippen LogP contribution in [0.15, 0.2) is 0 Å². The van der Waals surface area contributed by atoms with Crippen molar-refractivity contribution in [3.05, 3.63) is 5.82 Å². The number of hydrogen-bond acceptors (Lipinski definition) is 5. The zero-order valence-corrected chi connectivity index (χ0v) is 20.6. The van der Waals surface area contributed by atoms with Crippen molar-refractivity contribution in [2.24, 2.45) is 46.8 Å². The van der Waals surface area contributed by atoms with Gasteiger partial charge in [-0.1, -0.05) is 27.2 Å². The van der Waals surface area contributed by atoms with Crippen molar-refractivity contribution in [2.75, 3.05) is 0 Å². The molecule has 4 aliphatic rings. The van der Waals surface area contributed by atoms with Gasteiger partial charge in [-0.25, -0.2) is 0 Å². The monoisotopic (exact) mass is 444 g/mol. The normalized spacial score (nSPS) is 46.9. The Morgan fingerprint density at radius 3 is 2.62 bits per heavy atom. The molecule has 4 saturated carbocycles. The molecule has 1 aromatic heterocycles. The van der Waals surface area contributed by atoms with Crippen molar-refractivity contribution >= 4 is 0 Å². The maximum Gasteiger partial charge on any atom is 0.171 e. The molecule has 0 aliphatic heterocycles. The SMILES string of the molecule is CCC[C@@]1(O)CC[C@H]2[C@H](CC[C@@H]3[C@@H]2CC[C@]2(C)[C@@H]([C@H](C)Cn4nnc(C)n4)[C@@H](O)C[C@@H]32)C1. The molecular weight excluding hydrogens is 400 g/mol. The molecule has 2 N–H and O–H groups in total. The number of aliphatic hydroxyl groups excluding tert-OH is 1. The summed E-state index contributed by atoms with van der Waals surface area (Å²) in [5.74, 6) is 5.05. The van der Waals surface area contributed by atoms with E-state index in [4.69, 9.17) is 0 Å². The third kappa shape index (κ3) is 3.73. The van der Waals surface area contributed by atoms with Crippen LogP contribution in [0.3, 0.4) is 0 Å². The average molecular weight is 445 g/mol. The number of rotatable bonds is 5. The van der Waals surface area contributed by atoms with E-state index in [1.807, 2.05) is 6.92 Å². The van der Waals surface area contributed by atoms with Crippen molar-refractivity contribution in [3.63, 3.8) is 0 Å². The van der Waals surface area contributed by atoms with E-state index in [1.54, 1.807) is 4.80 Å². The lowest BCUT2D eigenvalue weighted by Crippen LogP contribution is -2.51. The molecule has 0 radical (unpaired) electrons. The fraction of sp³-hybridized carbons (Fsp3) is 0.962. The molecule has 0 aromatic carbocycles. The highest BCUT2D eigenvalue weighted by molar-refractivity contribution is 5.10. The first kappa shape index (κ1) is 22.8. The van der Waals surface area contributed by atoms with Gasteiger partial charge in [0.05, 0.1) is 18.2 Å². The quantitative estimate of drug-likeness (QED) is 0.704. The fourth-order valence-corrected chi connectivity index (χ4v) is 9.51. The molecule has 10 atom stereocenters. The minimum absolute atomic E-state index is 0.208. The second-order valence-electron chi connectivity index (χ2n) is 12.4. The number of aliphatic hydroxyl groups is 2. The molecule has 0 unspecified atom stereocenters. The summed E-state index contributed by atoms with van der Waals surface area (Å²) >= 11 is 0. The molecule has 180 valence electrons. The van der Waals surface area contributed by atoms with E-state index in [-0.39, 0.29) is 11.5 Å². The smallest absolute Gasteiger partial charge is 0.171 e. The van der Waals surface area contributed by atoms with Gasteiger partial charge in [0.2, 0.25) is 0 Å². The minimum atomic E-state index is -0.399. The molecule has 1 heterocycles. The van der Waals surface area contributed by atoms with Gasteiger partial charge in [-0.2, -0.15) is 4.80 Å². The van der Waals surface area contributed by atoms with Gasteiger partial charge in [-0.15, -0.1) is 10.2 Å². The van der Waals surface area contributed by atoms with Crippen LogP contribution in [0.25, 0.3) is 0 Å². The molecule has 6 nitrogen and oxygen atoms in total. The number of aryl methyl sites for hydroxylation is 1. The van der Waals surface area contributed by atoms with E-state index in [9.17, 15) is 10.2 Å². The molecule has 5 rings (SSSR count). The van der Waals surface area contributed by atoms with Crippen molar-refractivity contribution < 1.29 is 10.2 Å². The lowest BCUT2D eigenvalue weighted by atomic mass is 9.48. The maximum absolute atomic E-state index is 11.3. The molecule has 0 amide bonds. The molecule has 0 saturated heterocycles. The van der Waals surface area contributed by atoms with Gasteiger partial charge in [0.25, 0.3) is 0 Å². The summed E-state index contributed by atoms with van der Waals surface area (Å²) in [6.07, 6.45) is 11.2. The van der Waals surface area contributed by atoms with Crippen LogP contribution in [0, 0.1) is 53.8 Å². The van der Waals surface area contributed by atoms with E-state index in [2.05, 4.69) is 36.2 Å².